The fourth-order valence-corrected chi connectivity index (χ4v) is 3.17. The third-order valence-corrected chi connectivity index (χ3v) is 4.07. The average molecular weight is 342 g/mol. The molecule has 3 rings (SSSR count). The summed E-state index contributed by atoms with van der Waals surface area (Å²) < 4.78 is 38.7. The number of carbonyl (C=O) groups excluding carboxylic acids is 1. The number of fused-ring (bicyclic) bond motifs is 3. The number of nitrogens with one attached hydrogen (secondary N) is 1. The van der Waals surface area contributed by atoms with E-state index in [1.54, 1.807) is 6.07 Å². The quantitative estimate of drug-likeness (QED) is 0.809. The van der Waals surface area contributed by atoms with Gasteiger partial charge in [0.15, 0.2) is 11.5 Å². The summed E-state index contributed by atoms with van der Waals surface area (Å²) in [5, 5.41) is 13.1. The number of rotatable bonds is 4. The second-order valence-corrected chi connectivity index (χ2v) is 6.05. The van der Waals surface area contributed by atoms with E-state index >= 15 is 0 Å². The van der Waals surface area contributed by atoms with Crippen LogP contribution in [0.15, 0.2) is 12.1 Å². The van der Waals surface area contributed by atoms with E-state index in [0.717, 1.165) is 4.73 Å². The first-order chi connectivity index (χ1) is 10.8. The molecule has 0 saturated heterocycles. The number of aromatic hydroxyl groups is 1. The summed E-state index contributed by atoms with van der Waals surface area (Å²) in [7, 11) is -2.78. The molecule has 0 aliphatic carbocycles. The van der Waals surface area contributed by atoms with Gasteiger partial charge in [0.1, 0.15) is 0 Å². The van der Waals surface area contributed by atoms with Crippen LogP contribution in [0.3, 0.4) is 0 Å². The summed E-state index contributed by atoms with van der Waals surface area (Å²) in [6, 6.07) is 2.88. The van der Waals surface area contributed by atoms with Crippen molar-refractivity contribution in [2.24, 2.45) is 0 Å². The monoisotopic (exact) mass is 342 g/mol. The van der Waals surface area contributed by atoms with Crippen molar-refractivity contribution in [1.82, 2.24) is 10.0 Å². The van der Waals surface area contributed by atoms with Crippen LogP contribution in [0.2, 0.25) is 0 Å². The molecule has 23 heavy (non-hydrogen) atoms. The molecule has 0 spiro atoms. The summed E-state index contributed by atoms with van der Waals surface area (Å²) in [4.78, 5) is 11.0. The number of hydrogen-bond donors (Lipinski definition) is 2. The van der Waals surface area contributed by atoms with Crippen LogP contribution in [0, 0.1) is 0 Å². The maximum absolute atomic E-state index is 11.5. The Bertz CT molecular complexity index is 901. The second-order valence-electron chi connectivity index (χ2n) is 4.92. The zero-order valence-electron chi connectivity index (χ0n) is 12.3. The van der Waals surface area contributed by atoms with E-state index in [-0.39, 0.29) is 29.8 Å². The van der Waals surface area contributed by atoms with Crippen LogP contribution in [0.1, 0.15) is 12.5 Å². The first kappa shape index (κ1) is 15.3. The van der Waals surface area contributed by atoms with Crippen molar-refractivity contribution >= 4 is 27.2 Å². The van der Waals surface area contributed by atoms with Gasteiger partial charge in [0, 0.05) is 30.5 Å². The van der Waals surface area contributed by atoms with Crippen LogP contribution in [0.5, 0.6) is 17.4 Å². The molecule has 9 nitrogen and oxygen atoms in total. The molecule has 1 aliphatic rings. The molecule has 2 aromatic rings. The highest BCUT2D eigenvalue weighted by atomic mass is 32.3. The molecule has 0 saturated carbocycles. The Morgan fingerprint density at radius 1 is 1.43 bits per heavy atom. The molecule has 124 valence electrons. The second kappa shape index (κ2) is 5.23. The zero-order chi connectivity index (χ0) is 16.8. The predicted molar refractivity (Wildman–Crippen MR) is 78.7 cm³/mol. The van der Waals surface area contributed by atoms with Crippen molar-refractivity contribution < 1.29 is 31.5 Å². The number of methoxy groups -OCH3 is 1. The minimum Gasteiger partial charge on any atom is -0.504 e. The van der Waals surface area contributed by atoms with Crippen molar-refractivity contribution in [3.63, 3.8) is 0 Å². The highest BCUT2D eigenvalue weighted by Crippen LogP contribution is 2.41. The van der Waals surface area contributed by atoms with Crippen LogP contribution < -0.4 is 18.5 Å². The lowest BCUT2D eigenvalue weighted by Crippen LogP contribution is -2.22. The predicted octanol–water partition coefficient (Wildman–Crippen LogP) is 0.0999. The first-order valence-corrected chi connectivity index (χ1v) is 7.99. The number of carbonyl (C=O) groups is 1. The van der Waals surface area contributed by atoms with Crippen molar-refractivity contribution in [3.8, 4) is 17.4 Å². The minimum atomic E-state index is -4.18. The van der Waals surface area contributed by atoms with Gasteiger partial charge in [-0.1, -0.05) is 0 Å². The van der Waals surface area contributed by atoms with E-state index in [1.807, 2.05) is 0 Å². The number of nitrogens with zero attached hydrogens (tertiary/aromatic N) is 1. The number of phenolic OH excluding ortho intramolecular Hbond substituents is 1. The summed E-state index contributed by atoms with van der Waals surface area (Å²) in [5.74, 6) is -0.143. The Morgan fingerprint density at radius 3 is 2.83 bits per heavy atom. The van der Waals surface area contributed by atoms with E-state index < -0.39 is 10.4 Å². The fourth-order valence-electron chi connectivity index (χ4n) is 2.44. The van der Waals surface area contributed by atoms with E-state index in [9.17, 15) is 18.3 Å². The van der Waals surface area contributed by atoms with Gasteiger partial charge in [-0.3, -0.25) is 9.08 Å². The summed E-state index contributed by atoms with van der Waals surface area (Å²) >= 11 is 0. The smallest absolute Gasteiger partial charge is 0.504 e. The van der Waals surface area contributed by atoms with Gasteiger partial charge in [0.2, 0.25) is 5.91 Å². The average Bonchev–Trinajstić information content (AvgIpc) is 2.90. The molecule has 0 unspecified atom stereocenters. The normalized spacial score (nSPS) is 14.9. The van der Waals surface area contributed by atoms with Crippen LogP contribution in [-0.2, 0) is 21.6 Å². The Morgan fingerprint density at radius 2 is 2.17 bits per heavy atom. The third-order valence-electron chi connectivity index (χ3n) is 3.38. The molecular weight excluding hydrogens is 328 g/mol. The summed E-state index contributed by atoms with van der Waals surface area (Å²) in [6.07, 6.45) is 0.311. The van der Waals surface area contributed by atoms with Gasteiger partial charge in [-0.15, -0.1) is 13.1 Å². The Kier molecular flexibility index (Phi) is 3.48. The zero-order valence-corrected chi connectivity index (χ0v) is 13.1. The highest BCUT2D eigenvalue weighted by Gasteiger charge is 2.35. The number of aromatic nitrogens is 1. The summed E-state index contributed by atoms with van der Waals surface area (Å²) in [6.45, 7) is 1.67. The summed E-state index contributed by atoms with van der Waals surface area (Å²) in [5.41, 5.74) is 0.838. The third kappa shape index (κ3) is 2.61. The molecule has 2 N–H and O–H groups in total. The Hall–Kier alpha value is -2.62. The topological polar surface area (TPSA) is 116 Å². The standard InChI is InChI=1S/C13H14N2O7S/c1-7(16)14-4-3-8-9-5-12(20-2)11(17)6-10(9)15-13(8)21-23(18,19)22-15/h5-6,17H,3-4H2,1-2H3,(H,14,16). The van der Waals surface area contributed by atoms with E-state index in [2.05, 4.69) is 5.32 Å². The fraction of sp³-hybridized carbons (Fsp3) is 0.308. The number of amides is 1. The molecule has 0 radical (unpaired) electrons. The first-order valence-electron chi connectivity index (χ1n) is 6.65. The Balaban J connectivity index is 2.14. The Labute approximate surface area is 131 Å². The van der Waals surface area contributed by atoms with E-state index in [4.69, 9.17) is 13.2 Å². The molecule has 1 aliphatic heterocycles. The highest BCUT2D eigenvalue weighted by molar-refractivity contribution is 7.82. The van der Waals surface area contributed by atoms with Crippen molar-refractivity contribution in [2.75, 3.05) is 13.7 Å². The van der Waals surface area contributed by atoms with Crippen LogP contribution >= 0.6 is 0 Å². The molecule has 2 heterocycles. The van der Waals surface area contributed by atoms with Gasteiger partial charge in [-0.25, -0.2) is 0 Å². The molecular formula is C13H14N2O7S. The minimum absolute atomic E-state index is 0.00185. The van der Waals surface area contributed by atoms with E-state index in [0.29, 0.717) is 22.9 Å². The number of benzene rings is 1. The van der Waals surface area contributed by atoms with Crippen LogP contribution in [-0.4, -0.2) is 37.8 Å². The van der Waals surface area contributed by atoms with Gasteiger partial charge in [0.05, 0.1) is 12.6 Å². The maximum atomic E-state index is 11.5. The molecule has 0 fully saturated rings. The van der Waals surface area contributed by atoms with Gasteiger partial charge in [-0.05, 0) is 12.5 Å². The lowest BCUT2D eigenvalue weighted by atomic mass is 10.1. The van der Waals surface area contributed by atoms with Crippen molar-refractivity contribution in [1.29, 1.82) is 0 Å². The number of ether oxygens (including phenoxy) is 1. The maximum Gasteiger partial charge on any atom is 0.522 e. The molecule has 10 heteroatoms. The molecule has 0 atom stereocenters. The molecule has 0 bridgehead atoms. The van der Waals surface area contributed by atoms with Crippen molar-refractivity contribution in [2.45, 2.75) is 13.3 Å². The largest absolute Gasteiger partial charge is 0.522 e. The van der Waals surface area contributed by atoms with Gasteiger partial charge < -0.3 is 19.3 Å². The van der Waals surface area contributed by atoms with Crippen molar-refractivity contribution in [3.05, 3.63) is 17.7 Å². The SMILES string of the molecule is COc1cc2c(CCNC(C)=O)c3n(c2cc1O)OS(=O)(=O)O3. The lowest BCUT2D eigenvalue weighted by Gasteiger charge is -2.06. The van der Waals surface area contributed by atoms with Crippen LogP contribution in [0.25, 0.3) is 10.9 Å². The molecule has 1 aromatic carbocycles. The van der Waals surface area contributed by atoms with Crippen LogP contribution in [0.4, 0.5) is 0 Å². The van der Waals surface area contributed by atoms with Gasteiger partial charge >= 0.3 is 10.4 Å². The number of phenols is 1. The van der Waals surface area contributed by atoms with Gasteiger partial charge in [0.25, 0.3) is 5.88 Å². The lowest BCUT2D eigenvalue weighted by molar-refractivity contribution is -0.118. The van der Waals surface area contributed by atoms with E-state index in [1.165, 1.54) is 20.1 Å². The number of hydrogen-bond acceptors (Lipinski definition) is 7. The van der Waals surface area contributed by atoms with Gasteiger partial charge in [-0.2, -0.15) is 0 Å². The molecule has 1 amide bonds. The molecule has 1 aromatic heterocycles.